The summed E-state index contributed by atoms with van der Waals surface area (Å²) in [6.07, 6.45) is 0. The smallest absolute Gasteiger partial charge is 0.264 e. The van der Waals surface area contributed by atoms with Crippen LogP contribution in [0.2, 0.25) is 0 Å². The molecular weight excluding hydrogens is 395 g/mol. The lowest BCUT2D eigenvalue weighted by Crippen LogP contribution is -1.96. The Balaban J connectivity index is 1.72. The van der Waals surface area contributed by atoms with Crippen molar-refractivity contribution in [1.29, 1.82) is 0 Å². The summed E-state index contributed by atoms with van der Waals surface area (Å²) >= 11 is 2.24. The summed E-state index contributed by atoms with van der Waals surface area (Å²) in [5.41, 5.74) is 0.786. The van der Waals surface area contributed by atoms with E-state index in [-0.39, 0.29) is 6.61 Å². The van der Waals surface area contributed by atoms with E-state index in [1.54, 1.807) is 7.11 Å². The van der Waals surface area contributed by atoms with Crippen LogP contribution in [0.3, 0.4) is 0 Å². The lowest BCUT2D eigenvalue weighted by Gasteiger charge is -2.03. The van der Waals surface area contributed by atoms with Crippen LogP contribution in [0.15, 0.2) is 53.1 Å². The van der Waals surface area contributed by atoms with Crippen LogP contribution in [-0.4, -0.2) is 17.3 Å². The molecule has 112 valence electrons. The Morgan fingerprint density at radius 3 is 2.64 bits per heavy atom. The van der Waals surface area contributed by atoms with Gasteiger partial charge in [0, 0.05) is 3.57 Å². The minimum absolute atomic E-state index is 0.225. The van der Waals surface area contributed by atoms with E-state index in [2.05, 4.69) is 32.7 Å². The summed E-state index contributed by atoms with van der Waals surface area (Å²) in [6.45, 7) is 0.225. The monoisotopic (exact) mass is 408 g/mol. The SMILES string of the molecule is COc1ccccc1-c1noc(COc2ccc(I)cc2)n1. The molecule has 0 unspecified atom stereocenters. The summed E-state index contributed by atoms with van der Waals surface area (Å²) in [4.78, 5) is 4.34. The Kier molecular flexibility index (Phi) is 4.57. The molecule has 0 saturated heterocycles. The van der Waals surface area contributed by atoms with Gasteiger partial charge in [-0.25, -0.2) is 0 Å². The molecule has 0 aliphatic carbocycles. The van der Waals surface area contributed by atoms with Gasteiger partial charge in [0.25, 0.3) is 5.89 Å². The van der Waals surface area contributed by atoms with Crippen molar-refractivity contribution in [3.8, 4) is 22.9 Å². The molecule has 0 spiro atoms. The lowest BCUT2D eigenvalue weighted by atomic mass is 10.2. The molecule has 22 heavy (non-hydrogen) atoms. The molecule has 3 rings (SSSR count). The van der Waals surface area contributed by atoms with Gasteiger partial charge in [0.05, 0.1) is 12.7 Å². The molecule has 0 bridgehead atoms. The molecule has 0 N–H and O–H groups in total. The molecule has 0 atom stereocenters. The molecule has 1 aromatic heterocycles. The van der Waals surface area contributed by atoms with Crippen molar-refractivity contribution in [2.75, 3.05) is 7.11 Å². The Hall–Kier alpha value is -2.09. The van der Waals surface area contributed by atoms with E-state index >= 15 is 0 Å². The molecular formula is C16H13IN2O3. The van der Waals surface area contributed by atoms with E-state index in [9.17, 15) is 0 Å². The lowest BCUT2D eigenvalue weighted by molar-refractivity contribution is 0.243. The second kappa shape index (κ2) is 6.78. The zero-order chi connectivity index (χ0) is 15.4. The van der Waals surface area contributed by atoms with E-state index in [1.165, 1.54) is 0 Å². The van der Waals surface area contributed by atoms with E-state index in [4.69, 9.17) is 14.0 Å². The maximum atomic E-state index is 5.62. The van der Waals surface area contributed by atoms with Gasteiger partial charge >= 0.3 is 0 Å². The molecule has 0 saturated carbocycles. The first kappa shape index (κ1) is 14.8. The van der Waals surface area contributed by atoms with Gasteiger partial charge in [-0.15, -0.1) is 0 Å². The fraction of sp³-hybridized carbons (Fsp3) is 0.125. The van der Waals surface area contributed by atoms with Crippen LogP contribution in [-0.2, 0) is 6.61 Å². The largest absolute Gasteiger partial charge is 0.496 e. The third-order valence-corrected chi connectivity index (χ3v) is 3.71. The number of methoxy groups -OCH3 is 1. The van der Waals surface area contributed by atoms with E-state index in [1.807, 2.05) is 48.5 Å². The Bertz CT molecular complexity index is 756. The Labute approximate surface area is 141 Å². The minimum atomic E-state index is 0.225. The maximum Gasteiger partial charge on any atom is 0.264 e. The third-order valence-electron chi connectivity index (χ3n) is 2.99. The van der Waals surface area contributed by atoms with E-state index < -0.39 is 0 Å². The molecule has 0 fully saturated rings. The average molecular weight is 408 g/mol. The molecule has 6 heteroatoms. The van der Waals surface area contributed by atoms with Crippen molar-refractivity contribution in [2.45, 2.75) is 6.61 Å². The Morgan fingerprint density at radius 1 is 1.09 bits per heavy atom. The van der Waals surface area contributed by atoms with Gasteiger partial charge in [-0.05, 0) is 59.0 Å². The fourth-order valence-corrected chi connectivity index (χ4v) is 2.29. The maximum absolute atomic E-state index is 5.62. The molecule has 1 heterocycles. The van der Waals surface area contributed by atoms with Gasteiger partial charge < -0.3 is 14.0 Å². The third kappa shape index (κ3) is 3.38. The van der Waals surface area contributed by atoms with Crippen LogP contribution in [0, 0.1) is 3.57 Å². The van der Waals surface area contributed by atoms with Crippen LogP contribution in [0.4, 0.5) is 0 Å². The standard InChI is InChI=1S/C16H13IN2O3/c1-20-14-5-3-2-4-13(14)16-18-15(22-19-16)10-21-12-8-6-11(17)7-9-12/h2-9H,10H2,1H3. The van der Waals surface area contributed by atoms with Crippen LogP contribution in [0.5, 0.6) is 11.5 Å². The van der Waals surface area contributed by atoms with E-state index in [0.717, 1.165) is 14.9 Å². The van der Waals surface area contributed by atoms with Crippen LogP contribution in [0.25, 0.3) is 11.4 Å². The van der Waals surface area contributed by atoms with Gasteiger partial charge in [0.1, 0.15) is 11.5 Å². The van der Waals surface area contributed by atoms with Gasteiger partial charge in [-0.2, -0.15) is 4.98 Å². The quantitative estimate of drug-likeness (QED) is 0.599. The van der Waals surface area contributed by atoms with E-state index in [0.29, 0.717) is 17.5 Å². The summed E-state index contributed by atoms with van der Waals surface area (Å²) in [7, 11) is 1.61. The predicted molar refractivity (Wildman–Crippen MR) is 89.8 cm³/mol. The number of ether oxygens (including phenoxy) is 2. The normalized spacial score (nSPS) is 10.5. The van der Waals surface area contributed by atoms with Crippen LogP contribution in [0.1, 0.15) is 5.89 Å². The number of hydrogen-bond acceptors (Lipinski definition) is 5. The molecule has 0 radical (unpaired) electrons. The molecule has 2 aromatic carbocycles. The van der Waals surface area contributed by atoms with Gasteiger partial charge in [0.2, 0.25) is 5.82 Å². The number of rotatable bonds is 5. The highest BCUT2D eigenvalue weighted by molar-refractivity contribution is 14.1. The topological polar surface area (TPSA) is 57.4 Å². The summed E-state index contributed by atoms with van der Waals surface area (Å²) in [5.74, 6) is 2.36. The zero-order valence-electron chi connectivity index (χ0n) is 11.8. The average Bonchev–Trinajstić information content (AvgIpc) is 3.03. The first-order valence-electron chi connectivity index (χ1n) is 6.60. The van der Waals surface area contributed by atoms with Gasteiger partial charge in [0.15, 0.2) is 6.61 Å². The fourth-order valence-electron chi connectivity index (χ4n) is 1.93. The van der Waals surface area contributed by atoms with Crippen molar-refractivity contribution in [3.63, 3.8) is 0 Å². The van der Waals surface area contributed by atoms with Crippen molar-refractivity contribution in [3.05, 3.63) is 58.0 Å². The zero-order valence-corrected chi connectivity index (χ0v) is 14.0. The summed E-state index contributed by atoms with van der Waals surface area (Å²) in [5, 5.41) is 3.97. The Morgan fingerprint density at radius 2 is 1.86 bits per heavy atom. The van der Waals surface area contributed by atoms with Crippen molar-refractivity contribution in [2.24, 2.45) is 0 Å². The highest BCUT2D eigenvalue weighted by atomic mass is 127. The minimum Gasteiger partial charge on any atom is -0.496 e. The van der Waals surface area contributed by atoms with Gasteiger partial charge in [-0.1, -0.05) is 17.3 Å². The first-order chi connectivity index (χ1) is 10.8. The predicted octanol–water partition coefficient (Wildman–Crippen LogP) is 3.93. The summed E-state index contributed by atoms with van der Waals surface area (Å²) < 4.78 is 17.3. The molecule has 0 amide bonds. The summed E-state index contributed by atoms with van der Waals surface area (Å²) in [6, 6.07) is 15.3. The van der Waals surface area contributed by atoms with Crippen molar-refractivity contribution >= 4 is 22.6 Å². The highest BCUT2D eigenvalue weighted by Crippen LogP contribution is 2.27. The molecule has 0 aliphatic heterocycles. The molecule has 0 aliphatic rings. The number of aromatic nitrogens is 2. The number of para-hydroxylation sites is 1. The number of hydrogen-bond donors (Lipinski definition) is 0. The van der Waals surface area contributed by atoms with Crippen LogP contribution < -0.4 is 9.47 Å². The van der Waals surface area contributed by atoms with Gasteiger partial charge in [-0.3, -0.25) is 0 Å². The number of halogens is 1. The van der Waals surface area contributed by atoms with Crippen molar-refractivity contribution < 1.29 is 14.0 Å². The number of benzene rings is 2. The second-order valence-corrected chi connectivity index (χ2v) is 5.70. The van der Waals surface area contributed by atoms with Crippen LogP contribution >= 0.6 is 22.6 Å². The number of nitrogens with zero attached hydrogens (tertiary/aromatic N) is 2. The second-order valence-electron chi connectivity index (χ2n) is 4.45. The first-order valence-corrected chi connectivity index (χ1v) is 7.68. The molecule has 3 aromatic rings. The van der Waals surface area contributed by atoms with Crippen molar-refractivity contribution in [1.82, 2.24) is 10.1 Å². The highest BCUT2D eigenvalue weighted by Gasteiger charge is 2.13. The molecule has 5 nitrogen and oxygen atoms in total.